The monoisotopic (exact) mass is 504 g/mol. The van der Waals surface area contributed by atoms with Gasteiger partial charge in [-0.3, -0.25) is 9.59 Å². The summed E-state index contributed by atoms with van der Waals surface area (Å²) >= 11 is 6.11. The number of carbonyl (C=O) groups excluding carboxylic acids is 2. The lowest BCUT2D eigenvalue weighted by molar-refractivity contribution is -0.135. The van der Waals surface area contributed by atoms with Crippen LogP contribution in [0.15, 0.2) is 72.8 Å². The zero-order valence-corrected chi connectivity index (χ0v) is 21.3. The van der Waals surface area contributed by atoms with Crippen LogP contribution in [0.1, 0.15) is 27.0 Å². The van der Waals surface area contributed by atoms with E-state index in [2.05, 4.69) is 5.32 Å². The third-order valence-electron chi connectivity index (χ3n) is 5.84. The molecule has 0 radical (unpaired) electrons. The topological polar surface area (TPSA) is 96.7 Å². The third-order valence-corrected chi connectivity index (χ3v) is 6.15. The zero-order chi connectivity index (χ0) is 26.3. The minimum absolute atomic E-state index is 0.0601. The number of amides is 2. The summed E-state index contributed by atoms with van der Waals surface area (Å²) in [6, 6.07) is 22.1. The van der Waals surface area contributed by atoms with Gasteiger partial charge in [0.2, 0.25) is 0 Å². The molecule has 2 amide bonds. The third kappa shape index (κ3) is 6.49. The van der Waals surface area contributed by atoms with Gasteiger partial charge in [-0.15, -0.1) is 0 Å². The maximum Gasteiger partial charge on any atom is 0.261 e. The first-order chi connectivity index (χ1) is 17.1. The van der Waals surface area contributed by atoms with Crippen LogP contribution in [0.25, 0.3) is 0 Å². The van der Waals surface area contributed by atoms with E-state index < -0.39 is 11.5 Å². The Morgan fingerprint density at radius 2 is 1.72 bits per heavy atom. The highest BCUT2D eigenvalue weighted by Crippen LogP contribution is 2.29. The molecule has 0 aliphatic rings. The fraction of sp³-hybridized carbons (Fsp3) is 0.250. The van der Waals surface area contributed by atoms with Gasteiger partial charge in [0.05, 0.1) is 10.6 Å². The van der Waals surface area contributed by atoms with Crippen LogP contribution in [0.4, 0.5) is 5.69 Å². The molecule has 2 N–H and O–H groups in total. The number of hydrogen-bond donors (Lipinski definition) is 2. The van der Waals surface area contributed by atoms with Crippen molar-refractivity contribution >= 4 is 29.1 Å². The molecular weight excluding hydrogens is 476 g/mol. The van der Waals surface area contributed by atoms with Crippen molar-refractivity contribution in [1.82, 2.24) is 9.80 Å². The molecule has 0 saturated heterocycles. The molecular formula is C28H29ClN4O3. The Balaban J connectivity index is 1.89. The highest BCUT2D eigenvalue weighted by molar-refractivity contribution is 6.32. The Bertz CT molecular complexity index is 1270. The van der Waals surface area contributed by atoms with Crippen molar-refractivity contribution in [3.8, 4) is 6.07 Å². The fourth-order valence-electron chi connectivity index (χ4n) is 3.73. The number of anilines is 1. The summed E-state index contributed by atoms with van der Waals surface area (Å²) < 4.78 is 0. The Kier molecular flexibility index (Phi) is 8.83. The average molecular weight is 505 g/mol. The van der Waals surface area contributed by atoms with Crippen LogP contribution in [-0.4, -0.2) is 61.0 Å². The number of likely N-dealkylation sites (N-methyl/N-ethyl adjacent to an activating group) is 2. The van der Waals surface area contributed by atoms with Gasteiger partial charge in [-0.2, -0.15) is 5.26 Å². The van der Waals surface area contributed by atoms with Crippen molar-refractivity contribution in [2.45, 2.75) is 12.0 Å². The molecule has 0 aliphatic carbocycles. The van der Waals surface area contributed by atoms with Gasteiger partial charge in [0.25, 0.3) is 11.8 Å². The summed E-state index contributed by atoms with van der Waals surface area (Å²) in [4.78, 5) is 30.0. The number of rotatable bonds is 9. The fourth-order valence-corrected chi connectivity index (χ4v) is 3.95. The SMILES string of the molecule is CN(C)CCN(C)C(=O)c1cccc(CC(O)(C(=O)Nc2ccc(C#N)c(Cl)c2)c2ccccc2)c1. The quantitative estimate of drug-likeness (QED) is 0.460. The Morgan fingerprint density at radius 1 is 1.00 bits per heavy atom. The van der Waals surface area contributed by atoms with Gasteiger partial charge in [0, 0.05) is 37.8 Å². The van der Waals surface area contributed by atoms with Gasteiger partial charge in [-0.25, -0.2) is 0 Å². The van der Waals surface area contributed by atoms with Crippen LogP contribution in [0.2, 0.25) is 5.02 Å². The lowest BCUT2D eigenvalue weighted by atomic mass is 9.85. The van der Waals surface area contributed by atoms with E-state index in [0.717, 1.165) is 6.54 Å². The van der Waals surface area contributed by atoms with Crippen molar-refractivity contribution in [1.29, 1.82) is 5.26 Å². The van der Waals surface area contributed by atoms with E-state index in [-0.39, 0.29) is 22.9 Å². The van der Waals surface area contributed by atoms with Crippen molar-refractivity contribution in [2.75, 3.05) is 39.5 Å². The largest absolute Gasteiger partial charge is 0.375 e. The van der Waals surface area contributed by atoms with E-state index in [4.69, 9.17) is 16.9 Å². The van der Waals surface area contributed by atoms with Crippen LogP contribution in [0, 0.1) is 11.3 Å². The lowest BCUT2D eigenvalue weighted by Crippen LogP contribution is -2.42. The van der Waals surface area contributed by atoms with Gasteiger partial charge < -0.3 is 20.2 Å². The molecule has 0 aromatic heterocycles. The number of hydrogen-bond acceptors (Lipinski definition) is 5. The van der Waals surface area contributed by atoms with E-state index in [9.17, 15) is 14.7 Å². The Hall–Kier alpha value is -3.70. The maximum absolute atomic E-state index is 13.4. The summed E-state index contributed by atoms with van der Waals surface area (Å²) in [6.07, 6.45) is -0.0601. The highest BCUT2D eigenvalue weighted by Gasteiger charge is 2.38. The number of nitriles is 1. The molecule has 0 heterocycles. The highest BCUT2D eigenvalue weighted by atomic mass is 35.5. The molecule has 3 rings (SSSR count). The van der Waals surface area contributed by atoms with Gasteiger partial charge in [-0.05, 0) is 55.6 Å². The number of nitrogens with one attached hydrogen (secondary N) is 1. The summed E-state index contributed by atoms with van der Waals surface area (Å²) in [5.41, 5.74) is 0.210. The van der Waals surface area contributed by atoms with E-state index in [1.807, 2.05) is 25.1 Å². The summed E-state index contributed by atoms with van der Waals surface area (Å²) in [5, 5.41) is 23.7. The van der Waals surface area contributed by atoms with Gasteiger partial charge in [-0.1, -0.05) is 54.1 Å². The molecule has 1 atom stereocenters. The second-order valence-corrected chi connectivity index (χ2v) is 9.30. The van der Waals surface area contributed by atoms with E-state index >= 15 is 0 Å². The van der Waals surface area contributed by atoms with Crippen LogP contribution < -0.4 is 5.32 Å². The summed E-state index contributed by atoms with van der Waals surface area (Å²) in [5.74, 6) is -0.798. The first-order valence-corrected chi connectivity index (χ1v) is 11.8. The molecule has 36 heavy (non-hydrogen) atoms. The number of carbonyl (C=O) groups is 2. The molecule has 0 bridgehead atoms. The van der Waals surface area contributed by atoms with Crippen molar-refractivity contribution in [2.24, 2.45) is 0 Å². The normalized spacial score (nSPS) is 12.5. The van der Waals surface area contributed by atoms with Crippen molar-refractivity contribution in [3.63, 3.8) is 0 Å². The van der Waals surface area contributed by atoms with Crippen LogP contribution in [0.3, 0.4) is 0 Å². The minimum Gasteiger partial charge on any atom is -0.375 e. The van der Waals surface area contributed by atoms with Crippen molar-refractivity contribution in [3.05, 3.63) is 100 Å². The molecule has 3 aromatic carbocycles. The number of benzene rings is 3. The lowest BCUT2D eigenvalue weighted by Gasteiger charge is -2.28. The van der Waals surface area contributed by atoms with E-state index in [1.165, 1.54) is 12.1 Å². The Morgan fingerprint density at radius 3 is 2.36 bits per heavy atom. The summed E-state index contributed by atoms with van der Waals surface area (Å²) in [6.45, 7) is 1.30. The van der Waals surface area contributed by atoms with Crippen LogP contribution in [-0.2, 0) is 16.8 Å². The predicted octanol–water partition coefficient (Wildman–Crippen LogP) is 3.91. The molecule has 0 saturated carbocycles. The number of halogens is 1. The molecule has 3 aromatic rings. The second kappa shape index (κ2) is 11.8. The van der Waals surface area contributed by atoms with Gasteiger partial charge >= 0.3 is 0 Å². The van der Waals surface area contributed by atoms with Crippen LogP contribution >= 0.6 is 11.6 Å². The maximum atomic E-state index is 13.4. The number of aliphatic hydroxyl groups is 1. The first kappa shape index (κ1) is 26.9. The molecule has 0 spiro atoms. The first-order valence-electron chi connectivity index (χ1n) is 11.4. The molecule has 1 unspecified atom stereocenters. The van der Waals surface area contributed by atoms with E-state index in [1.54, 1.807) is 72.6 Å². The molecule has 0 fully saturated rings. The average Bonchev–Trinajstić information content (AvgIpc) is 2.87. The predicted molar refractivity (Wildman–Crippen MR) is 141 cm³/mol. The molecule has 0 aliphatic heterocycles. The zero-order valence-electron chi connectivity index (χ0n) is 20.5. The minimum atomic E-state index is -1.93. The van der Waals surface area contributed by atoms with E-state index in [0.29, 0.717) is 28.9 Å². The Labute approximate surface area is 216 Å². The standard InChI is InChI=1S/C28H29ClN4O3/c1-32(2)14-15-33(3)26(34)21-9-7-8-20(16-21)18-28(36,23-10-5-4-6-11-23)27(35)31-24-13-12-22(19-30)25(29)17-24/h4-13,16-17,36H,14-15,18H2,1-3H3,(H,31,35). The molecule has 186 valence electrons. The van der Waals surface area contributed by atoms with Crippen molar-refractivity contribution < 1.29 is 14.7 Å². The van der Waals surface area contributed by atoms with Gasteiger partial charge in [0.1, 0.15) is 6.07 Å². The van der Waals surface area contributed by atoms with Crippen LogP contribution in [0.5, 0.6) is 0 Å². The second-order valence-electron chi connectivity index (χ2n) is 8.89. The molecule has 8 heteroatoms. The molecule has 7 nitrogen and oxygen atoms in total. The number of nitrogens with zero attached hydrogens (tertiary/aromatic N) is 3. The van der Waals surface area contributed by atoms with Gasteiger partial charge in [0.15, 0.2) is 5.60 Å². The summed E-state index contributed by atoms with van der Waals surface area (Å²) in [7, 11) is 5.63. The smallest absolute Gasteiger partial charge is 0.261 e.